The highest BCUT2D eigenvalue weighted by Crippen LogP contribution is 2.24. The lowest BCUT2D eigenvalue weighted by molar-refractivity contribution is -0.150. The minimum absolute atomic E-state index is 0.213. The van der Waals surface area contributed by atoms with Gasteiger partial charge in [-0.15, -0.1) is 0 Å². The Labute approximate surface area is 524 Å². The third-order valence-electron chi connectivity index (χ3n) is 19.1. The van der Waals surface area contributed by atoms with Gasteiger partial charge >= 0.3 is 5.97 Å². The Hall–Kier alpha value is -1.09. The second-order valence-electron chi connectivity index (χ2n) is 27.5. The molecule has 0 spiro atoms. The molecule has 0 rings (SSSR count). The van der Waals surface area contributed by atoms with Crippen LogP contribution in [0.5, 0.6) is 0 Å². The third kappa shape index (κ3) is 68.3. The third-order valence-corrected chi connectivity index (χ3v) is 19.1. The maximum absolute atomic E-state index is 12.5. The molecule has 0 saturated heterocycles. The summed E-state index contributed by atoms with van der Waals surface area (Å²) in [5.41, 5.74) is 0. The molecular weight excluding hydrogens is 1010 g/mol. The van der Waals surface area contributed by atoms with Crippen molar-refractivity contribution in [1.29, 1.82) is 0 Å². The molecule has 1 N–H and O–H groups in total. The first-order chi connectivity index (χ1) is 41.1. The van der Waals surface area contributed by atoms with E-state index in [-0.39, 0.29) is 11.9 Å². The normalized spacial score (nSPS) is 13.1. The van der Waals surface area contributed by atoms with Crippen LogP contribution < -0.4 is 0 Å². The van der Waals surface area contributed by atoms with Crippen LogP contribution in [0, 0.1) is 11.8 Å². The van der Waals surface area contributed by atoms with E-state index in [0.717, 1.165) is 38.0 Å². The molecule has 0 aliphatic carbocycles. The first-order valence-corrected chi connectivity index (χ1v) is 39.1. The fourth-order valence-electron chi connectivity index (χ4n) is 13.1. The number of allylic oxidation sites excluding steroid dienone is 4. The summed E-state index contributed by atoms with van der Waals surface area (Å²) >= 11 is 0. The Morgan fingerprint density at radius 2 is 0.494 bits per heavy atom. The second kappa shape index (κ2) is 73.4. The van der Waals surface area contributed by atoms with E-state index < -0.39 is 6.10 Å². The van der Waals surface area contributed by atoms with Gasteiger partial charge in [-0.05, 0) is 63.7 Å². The molecule has 0 aliphatic heterocycles. The fourth-order valence-corrected chi connectivity index (χ4v) is 13.1. The van der Waals surface area contributed by atoms with Crippen LogP contribution in [0.15, 0.2) is 24.3 Å². The lowest BCUT2D eigenvalue weighted by Crippen LogP contribution is -2.29. The maximum atomic E-state index is 12.5. The summed E-state index contributed by atoms with van der Waals surface area (Å²) in [6.45, 7) is 7.04. The fraction of sp³-hybridized carbons (Fsp3) is 0.938. The number of esters is 1. The van der Waals surface area contributed by atoms with Gasteiger partial charge < -0.3 is 9.84 Å². The zero-order valence-electron chi connectivity index (χ0n) is 57.9. The standard InChI is InChI=1S/C80H156O3/c1-5-7-9-11-13-15-17-19-21-23-25-26-27-28-29-30-31-32-33-34-35-36-37-38-39-41-45-49-53-57-61-65-69-73-77(3)74-70-66-62-58-54-50-46-42-40-44-48-52-56-60-64-68-72-76-79(81)78(80(82)83-4)75-71-67-63-59-55-51-47-43-24-22-20-18-16-14-12-10-8-6-2/h32-33,69,73,77-79,81H,5-31,34-68,70-72,74-76H2,1-4H3. The number of unbranched alkanes of at least 4 members (excludes halogenated alkanes) is 61. The van der Waals surface area contributed by atoms with Crippen molar-refractivity contribution in [2.45, 2.75) is 463 Å². The van der Waals surface area contributed by atoms with Crippen molar-refractivity contribution < 1.29 is 14.6 Å². The first-order valence-electron chi connectivity index (χ1n) is 39.1. The van der Waals surface area contributed by atoms with Crippen molar-refractivity contribution in [3.8, 4) is 0 Å². The summed E-state index contributed by atoms with van der Waals surface area (Å²) in [6, 6.07) is 0. The van der Waals surface area contributed by atoms with Crippen LogP contribution in [-0.4, -0.2) is 24.3 Å². The average Bonchev–Trinajstić information content (AvgIpc) is 3.50. The number of hydrogen-bond acceptors (Lipinski definition) is 3. The topological polar surface area (TPSA) is 46.5 Å². The number of hydrogen-bond donors (Lipinski definition) is 1. The lowest BCUT2D eigenvalue weighted by Gasteiger charge is -2.20. The van der Waals surface area contributed by atoms with Crippen LogP contribution in [0.4, 0.5) is 0 Å². The predicted octanol–water partition coefficient (Wildman–Crippen LogP) is 28.5. The smallest absolute Gasteiger partial charge is 0.311 e. The van der Waals surface area contributed by atoms with E-state index in [0.29, 0.717) is 0 Å². The van der Waals surface area contributed by atoms with Crippen molar-refractivity contribution in [1.82, 2.24) is 0 Å². The molecule has 0 aromatic rings. The van der Waals surface area contributed by atoms with Crippen LogP contribution in [0.25, 0.3) is 0 Å². The minimum atomic E-state index is -0.554. The number of aliphatic hydroxyl groups is 1. The van der Waals surface area contributed by atoms with Crippen molar-refractivity contribution in [3.63, 3.8) is 0 Å². The number of rotatable bonds is 73. The summed E-state index contributed by atoms with van der Waals surface area (Å²) in [4.78, 5) is 12.5. The molecule has 494 valence electrons. The zero-order valence-corrected chi connectivity index (χ0v) is 57.9. The Bertz CT molecular complexity index is 1240. The molecule has 0 heterocycles. The molecule has 0 radical (unpaired) electrons. The summed E-state index contributed by atoms with van der Waals surface area (Å²) in [7, 11) is 1.48. The van der Waals surface area contributed by atoms with Gasteiger partial charge in [-0.3, -0.25) is 4.79 Å². The van der Waals surface area contributed by atoms with Gasteiger partial charge in [0.1, 0.15) is 0 Å². The molecule has 0 saturated carbocycles. The minimum Gasteiger partial charge on any atom is -0.469 e. The molecule has 0 amide bonds. The van der Waals surface area contributed by atoms with Gasteiger partial charge in [0.15, 0.2) is 0 Å². The number of carbonyl (C=O) groups is 1. The van der Waals surface area contributed by atoms with Crippen molar-refractivity contribution >= 4 is 5.97 Å². The van der Waals surface area contributed by atoms with Crippen LogP contribution in [0.1, 0.15) is 457 Å². The van der Waals surface area contributed by atoms with Gasteiger partial charge in [0.25, 0.3) is 0 Å². The Balaban J connectivity index is 3.42. The second-order valence-corrected chi connectivity index (χ2v) is 27.5. The molecule has 0 bridgehead atoms. The van der Waals surface area contributed by atoms with E-state index in [9.17, 15) is 9.90 Å². The molecule has 3 unspecified atom stereocenters. The highest BCUT2D eigenvalue weighted by molar-refractivity contribution is 5.72. The van der Waals surface area contributed by atoms with Gasteiger partial charge in [-0.1, -0.05) is 424 Å². The monoisotopic (exact) mass is 1170 g/mol. The summed E-state index contributed by atoms with van der Waals surface area (Å²) in [5.74, 6) is 0.190. The largest absolute Gasteiger partial charge is 0.469 e. The predicted molar refractivity (Wildman–Crippen MR) is 374 cm³/mol. The molecule has 0 aromatic carbocycles. The van der Waals surface area contributed by atoms with Crippen LogP contribution in [0.3, 0.4) is 0 Å². The van der Waals surface area contributed by atoms with Gasteiger partial charge in [0, 0.05) is 0 Å². The summed E-state index contributed by atoms with van der Waals surface area (Å²) < 4.78 is 5.11. The number of aliphatic hydroxyl groups excluding tert-OH is 1. The number of methoxy groups -OCH3 is 1. The van der Waals surface area contributed by atoms with Gasteiger partial charge in [0.05, 0.1) is 19.1 Å². The zero-order chi connectivity index (χ0) is 59.9. The van der Waals surface area contributed by atoms with Gasteiger partial charge in [-0.25, -0.2) is 0 Å². The Morgan fingerprint density at radius 3 is 0.747 bits per heavy atom. The lowest BCUT2D eigenvalue weighted by atomic mass is 9.91. The average molecular weight is 1170 g/mol. The van der Waals surface area contributed by atoms with E-state index in [1.807, 2.05) is 0 Å². The number of ether oxygens (including phenoxy) is 1. The van der Waals surface area contributed by atoms with E-state index >= 15 is 0 Å². The highest BCUT2D eigenvalue weighted by Gasteiger charge is 2.26. The molecular formula is C80H156O3. The van der Waals surface area contributed by atoms with Gasteiger partial charge in [0.2, 0.25) is 0 Å². The maximum Gasteiger partial charge on any atom is 0.311 e. The quantitative estimate of drug-likeness (QED) is 0.0375. The Morgan fingerprint density at radius 1 is 0.289 bits per heavy atom. The van der Waals surface area contributed by atoms with Gasteiger partial charge in [-0.2, -0.15) is 0 Å². The van der Waals surface area contributed by atoms with Crippen molar-refractivity contribution in [2.24, 2.45) is 11.8 Å². The molecule has 0 aliphatic rings. The van der Waals surface area contributed by atoms with E-state index in [1.54, 1.807) is 0 Å². The molecule has 3 nitrogen and oxygen atoms in total. The highest BCUT2D eigenvalue weighted by atomic mass is 16.5. The summed E-state index contributed by atoms with van der Waals surface area (Å²) in [6.07, 6.45) is 103. The van der Waals surface area contributed by atoms with Crippen LogP contribution >= 0.6 is 0 Å². The van der Waals surface area contributed by atoms with Crippen molar-refractivity contribution in [2.75, 3.05) is 7.11 Å². The molecule has 0 fully saturated rings. The molecule has 3 atom stereocenters. The van der Waals surface area contributed by atoms with Crippen molar-refractivity contribution in [3.05, 3.63) is 24.3 Å². The van der Waals surface area contributed by atoms with Crippen LogP contribution in [-0.2, 0) is 9.53 Å². The van der Waals surface area contributed by atoms with Crippen LogP contribution in [0.2, 0.25) is 0 Å². The SMILES string of the molecule is CCCCCCCCCCCCCCCCCCC=CCCCCCCCCCCCCCC=CC(C)CCCCCCCCCCCCCCCCCCCC(O)C(CCCCCCCCCCCCCCCCCCCC)C(=O)OC. The molecule has 83 heavy (non-hydrogen) atoms. The van der Waals surface area contributed by atoms with E-state index in [4.69, 9.17) is 4.74 Å². The van der Waals surface area contributed by atoms with E-state index in [1.165, 1.54) is 412 Å². The Kier molecular flexibility index (Phi) is 72.4. The summed E-state index contributed by atoms with van der Waals surface area (Å²) in [5, 5.41) is 10.9. The first kappa shape index (κ1) is 81.9. The molecule has 3 heteroatoms. The number of carbonyl (C=O) groups excluding carboxylic acids is 1. The molecule has 0 aromatic heterocycles. The van der Waals surface area contributed by atoms with E-state index in [2.05, 4.69) is 45.1 Å².